The van der Waals surface area contributed by atoms with E-state index < -0.39 is 10.8 Å². The molecule has 0 saturated carbocycles. The summed E-state index contributed by atoms with van der Waals surface area (Å²) in [6.07, 6.45) is 1.54. The van der Waals surface area contributed by atoms with Crippen molar-refractivity contribution in [3.8, 4) is 0 Å². The summed E-state index contributed by atoms with van der Waals surface area (Å²) in [7, 11) is 1.53. The summed E-state index contributed by atoms with van der Waals surface area (Å²) >= 11 is 0. The second kappa shape index (κ2) is 5.79. The van der Waals surface area contributed by atoms with E-state index in [1.807, 2.05) is 0 Å². The number of nitrogens with zero attached hydrogens (tertiary/aromatic N) is 2. The third-order valence-electron chi connectivity index (χ3n) is 2.64. The Kier molecular flexibility index (Phi) is 3.90. The summed E-state index contributed by atoms with van der Waals surface area (Å²) in [6.45, 7) is 0. The number of hydrogen-bond donors (Lipinski definition) is 2. The van der Waals surface area contributed by atoms with Crippen molar-refractivity contribution >= 4 is 23.1 Å². The first kappa shape index (κ1) is 13.5. The minimum absolute atomic E-state index is 0.152. The molecule has 0 aliphatic rings. The van der Waals surface area contributed by atoms with E-state index in [9.17, 15) is 14.9 Å². The molecule has 0 unspecified atom stereocenters. The van der Waals surface area contributed by atoms with Gasteiger partial charge in [-0.2, -0.15) is 0 Å². The molecule has 102 valence electrons. The number of nitro benzene ring substituents is 1. The van der Waals surface area contributed by atoms with Crippen molar-refractivity contribution in [1.29, 1.82) is 0 Å². The first-order valence-corrected chi connectivity index (χ1v) is 5.81. The van der Waals surface area contributed by atoms with Gasteiger partial charge in [0.25, 0.3) is 11.6 Å². The van der Waals surface area contributed by atoms with Crippen LogP contribution >= 0.6 is 0 Å². The highest BCUT2D eigenvalue weighted by Crippen LogP contribution is 2.28. The molecule has 0 spiro atoms. The molecular formula is C13H12N4O3. The van der Waals surface area contributed by atoms with E-state index in [4.69, 9.17) is 0 Å². The smallest absolute Gasteiger partial charge is 0.293 e. The van der Waals surface area contributed by atoms with Gasteiger partial charge in [-0.25, -0.2) is 4.98 Å². The fourth-order valence-electron chi connectivity index (χ4n) is 1.76. The summed E-state index contributed by atoms with van der Waals surface area (Å²) in [5.74, 6) is -0.0807. The van der Waals surface area contributed by atoms with E-state index in [-0.39, 0.29) is 16.9 Å². The Morgan fingerprint density at radius 3 is 2.65 bits per heavy atom. The number of carbonyl (C=O) groups excluding carboxylic acids is 1. The minimum atomic E-state index is -0.538. The molecule has 0 bridgehead atoms. The van der Waals surface area contributed by atoms with Gasteiger partial charge in [-0.1, -0.05) is 12.1 Å². The lowest BCUT2D eigenvalue weighted by molar-refractivity contribution is -0.384. The summed E-state index contributed by atoms with van der Waals surface area (Å²) < 4.78 is 0. The Balaban J connectivity index is 2.35. The third kappa shape index (κ3) is 2.72. The molecule has 2 aromatic rings. The zero-order valence-corrected chi connectivity index (χ0v) is 10.7. The van der Waals surface area contributed by atoms with Gasteiger partial charge in [-0.15, -0.1) is 0 Å². The molecule has 0 saturated heterocycles. The molecule has 2 rings (SSSR count). The van der Waals surface area contributed by atoms with Crippen LogP contribution in [0, 0.1) is 10.1 Å². The van der Waals surface area contributed by atoms with E-state index in [1.165, 1.54) is 25.2 Å². The number of carbonyl (C=O) groups is 1. The number of hydrogen-bond acceptors (Lipinski definition) is 5. The van der Waals surface area contributed by atoms with Crippen LogP contribution in [0.2, 0.25) is 0 Å². The monoisotopic (exact) mass is 272 g/mol. The molecule has 0 fully saturated rings. The van der Waals surface area contributed by atoms with Gasteiger partial charge >= 0.3 is 0 Å². The van der Waals surface area contributed by atoms with Gasteiger partial charge in [0.05, 0.1) is 10.5 Å². The topological polar surface area (TPSA) is 97.2 Å². The quantitative estimate of drug-likeness (QED) is 0.657. The number of nitro groups is 1. The predicted molar refractivity (Wildman–Crippen MR) is 74.8 cm³/mol. The van der Waals surface area contributed by atoms with Crippen LogP contribution in [0.5, 0.6) is 0 Å². The second-order valence-corrected chi connectivity index (χ2v) is 3.88. The van der Waals surface area contributed by atoms with Crippen LogP contribution in [0.3, 0.4) is 0 Å². The van der Waals surface area contributed by atoms with E-state index in [2.05, 4.69) is 15.6 Å². The first-order chi connectivity index (χ1) is 9.63. The number of pyridine rings is 1. The predicted octanol–water partition coefficient (Wildman–Crippen LogP) is 2.28. The van der Waals surface area contributed by atoms with Crippen LogP contribution in [-0.2, 0) is 0 Å². The Labute approximate surface area is 114 Å². The Hall–Kier alpha value is -2.96. The van der Waals surface area contributed by atoms with Gasteiger partial charge in [0.1, 0.15) is 11.5 Å². The van der Waals surface area contributed by atoms with E-state index in [0.717, 1.165) is 0 Å². The number of nitrogens with one attached hydrogen (secondary N) is 2. The zero-order chi connectivity index (χ0) is 14.5. The number of benzene rings is 1. The lowest BCUT2D eigenvalue weighted by Crippen LogP contribution is -2.15. The maximum Gasteiger partial charge on any atom is 0.293 e. The average Bonchev–Trinajstić information content (AvgIpc) is 2.47. The van der Waals surface area contributed by atoms with Crippen LogP contribution in [0.1, 0.15) is 10.4 Å². The van der Waals surface area contributed by atoms with Crippen LogP contribution in [0.25, 0.3) is 0 Å². The molecule has 0 aliphatic carbocycles. The van der Waals surface area contributed by atoms with E-state index >= 15 is 0 Å². The molecule has 7 nitrogen and oxygen atoms in total. The fraction of sp³-hybridized carbons (Fsp3) is 0.0769. The van der Waals surface area contributed by atoms with Gasteiger partial charge < -0.3 is 10.6 Å². The zero-order valence-electron chi connectivity index (χ0n) is 10.7. The summed E-state index contributed by atoms with van der Waals surface area (Å²) in [5.41, 5.74) is 0.208. The Bertz CT molecular complexity index is 643. The van der Waals surface area contributed by atoms with Gasteiger partial charge in [0.2, 0.25) is 0 Å². The van der Waals surface area contributed by atoms with E-state index in [1.54, 1.807) is 24.4 Å². The molecule has 1 aromatic carbocycles. The highest BCUT2D eigenvalue weighted by atomic mass is 16.6. The van der Waals surface area contributed by atoms with Crippen molar-refractivity contribution in [3.63, 3.8) is 0 Å². The van der Waals surface area contributed by atoms with Crippen molar-refractivity contribution < 1.29 is 9.72 Å². The first-order valence-electron chi connectivity index (χ1n) is 5.81. The van der Waals surface area contributed by atoms with E-state index in [0.29, 0.717) is 5.82 Å². The molecule has 0 atom stereocenters. The normalized spacial score (nSPS) is 9.85. The number of aromatic nitrogens is 1. The van der Waals surface area contributed by atoms with Gasteiger partial charge in [-0.05, 0) is 18.2 Å². The highest BCUT2D eigenvalue weighted by Gasteiger charge is 2.20. The SMILES string of the molecule is CNc1c(C(=O)Nc2ccccn2)cccc1[N+](=O)[O-]. The molecule has 7 heteroatoms. The van der Waals surface area contributed by atoms with Crippen molar-refractivity contribution in [3.05, 3.63) is 58.3 Å². The molecular weight excluding hydrogens is 260 g/mol. The molecule has 2 N–H and O–H groups in total. The van der Waals surface area contributed by atoms with Crippen molar-refractivity contribution in [2.75, 3.05) is 17.7 Å². The van der Waals surface area contributed by atoms with Crippen LogP contribution in [0.15, 0.2) is 42.6 Å². The van der Waals surface area contributed by atoms with Crippen molar-refractivity contribution in [2.24, 2.45) is 0 Å². The Morgan fingerprint density at radius 2 is 2.05 bits per heavy atom. The lowest BCUT2D eigenvalue weighted by atomic mass is 10.1. The fourth-order valence-corrected chi connectivity index (χ4v) is 1.76. The summed E-state index contributed by atoms with van der Waals surface area (Å²) in [5, 5.41) is 16.2. The van der Waals surface area contributed by atoms with Crippen LogP contribution in [0.4, 0.5) is 17.2 Å². The van der Waals surface area contributed by atoms with Crippen LogP contribution in [-0.4, -0.2) is 22.9 Å². The van der Waals surface area contributed by atoms with Gasteiger partial charge in [-0.3, -0.25) is 14.9 Å². The minimum Gasteiger partial charge on any atom is -0.382 e. The second-order valence-electron chi connectivity index (χ2n) is 3.88. The molecule has 1 aromatic heterocycles. The number of amides is 1. The molecule has 0 aliphatic heterocycles. The summed E-state index contributed by atoms with van der Waals surface area (Å²) in [4.78, 5) is 26.5. The van der Waals surface area contributed by atoms with Crippen molar-refractivity contribution in [1.82, 2.24) is 4.98 Å². The number of rotatable bonds is 4. The maximum absolute atomic E-state index is 12.2. The lowest BCUT2D eigenvalue weighted by Gasteiger charge is -2.09. The van der Waals surface area contributed by atoms with Crippen molar-refractivity contribution in [2.45, 2.75) is 0 Å². The number of anilines is 2. The highest BCUT2D eigenvalue weighted by molar-refractivity contribution is 6.08. The standard InChI is InChI=1S/C13H12N4O3/c1-14-12-9(5-4-6-10(12)17(19)20)13(18)16-11-7-2-3-8-15-11/h2-8,14H,1H3,(H,15,16,18). The molecule has 1 heterocycles. The largest absolute Gasteiger partial charge is 0.382 e. The van der Waals surface area contributed by atoms with Crippen LogP contribution < -0.4 is 10.6 Å². The third-order valence-corrected chi connectivity index (χ3v) is 2.64. The number of para-hydroxylation sites is 1. The molecule has 0 radical (unpaired) electrons. The Morgan fingerprint density at radius 1 is 1.25 bits per heavy atom. The van der Waals surface area contributed by atoms with Gasteiger partial charge in [0.15, 0.2) is 0 Å². The van der Waals surface area contributed by atoms with Gasteiger partial charge in [0, 0.05) is 19.3 Å². The molecule has 20 heavy (non-hydrogen) atoms. The maximum atomic E-state index is 12.2. The average molecular weight is 272 g/mol. The molecule has 1 amide bonds. The summed E-state index contributed by atoms with van der Waals surface area (Å²) in [6, 6.07) is 9.40.